The number of para-hydroxylation sites is 1. The van der Waals surface area contributed by atoms with Gasteiger partial charge in [-0.1, -0.05) is 12.1 Å². The van der Waals surface area contributed by atoms with Gasteiger partial charge < -0.3 is 15.0 Å². The zero-order chi connectivity index (χ0) is 23.3. The van der Waals surface area contributed by atoms with E-state index in [2.05, 4.69) is 10.0 Å². The van der Waals surface area contributed by atoms with E-state index in [9.17, 15) is 18.0 Å². The van der Waals surface area contributed by atoms with Crippen molar-refractivity contribution in [2.24, 2.45) is 0 Å². The number of methoxy groups -OCH3 is 1. The van der Waals surface area contributed by atoms with E-state index in [4.69, 9.17) is 4.74 Å². The Morgan fingerprint density at radius 2 is 1.69 bits per heavy atom. The molecule has 2 amide bonds. The normalized spacial score (nSPS) is 14.2. The number of ether oxygens (including phenoxy) is 1. The summed E-state index contributed by atoms with van der Waals surface area (Å²) in [5.74, 6) is -0.319. The van der Waals surface area contributed by atoms with Gasteiger partial charge >= 0.3 is 0 Å². The molecule has 3 rings (SSSR count). The summed E-state index contributed by atoms with van der Waals surface area (Å²) >= 11 is 0. The molecule has 1 heterocycles. The fourth-order valence-electron chi connectivity index (χ4n) is 3.60. The second kappa shape index (κ2) is 10.0. The van der Waals surface area contributed by atoms with Crippen LogP contribution in [0, 0.1) is 0 Å². The Labute approximate surface area is 189 Å². The number of benzene rings is 2. The van der Waals surface area contributed by atoms with E-state index >= 15 is 0 Å². The predicted octanol–water partition coefficient (Wildman–Crippen LogP) is 3.26. The lowest BCUT2D eigenvalue weighted by Crippen LogP contribution is -2.35. The van der Waals surface area contributed by atoms with Crippen molar-refractivity contribution in [3.8, 4) is 5.75 Å². The number of nitrogens with one attached hydrogen (secondary N) is 2. The average molecular weight is 460 g/mol. The third-order valence-corrected chi connectivity index (χ3v) is 6.55. The Hall–Kier alpha value is -3.07. The second-order valence-electron chi connectivity index (χ2n) is 7.99. The topological polar surface area (TPSA) is 105 Å². The fourth-order valence-corrected chi connectivity index (χ4v) is 4.71. The summed E-state index contributed by atoms with van der Waals surface area (Å²) in [6, 6.07) is 10.5. The molecule has 9 heteroatoms. The number of piperidine rings is 1. The lowest BCUT2D eigenvalue weighted by Gasteiger charge is -2.27. The maximum absolute atomic E-state index is 13.1. The summed E-state index contributed by atoms with van der Waals surface area (Å²) in [4.78, 5) is 27.2. The molecule has 0 atom stereocenters. The van der Waals surface area contributed by atoms with Crippen LogP contribution in [0.25, 0.3) is 0 Å². The van der Waals surface area contributed by atoms with Gasteiger partial charge in [0.15, 0.2) is 0 Å². The number of rotatable bonds is 7. The molecule has 0 aliphatic carbocycles. The van der Waals surface area contributed by atoms with Gasteiger partial charge in [0.2, 0.25) is 0 Å². The fraction of sp³-hybridized carbons (Fsp3) is 0.391. The number of carbonyl (C=O) groups is 2. The van der Waals surface area contributed by atoms with Crippen LogP contribution in [0.2, 0.25) is 0 Å². The highest BCUT2D eigenvalue weighted by atomic mass is 32.2. The van der Waals surface area contributed by atoms with Gasteiger partial charge in [-0.2, -0.15) is 0 Å². The van der Waals surface area contributed by atoms with Gasteiger partial charge in [-0.05, 0) is 63.4 Å². The van der Waals surface area contributed by atoms with E-state index in [1.54, 1.807) is 23.1 Å². The van der Waals surface area contributed by atoms with Crippen LogP contribution in [-0.2, 0) is 10.0 Å². The van der Waals surface area contributed by atoms with Crippen LogP contribution in [0.4, 0.5) is 5.69 Å². The van der Waals surface area contributed by atoms with Crippen molar-refractivity contribution < 1.29 is 22.7 Å². The highest BCUT2D eigenvalue weighted by Gasteiger charge is 2.25. The van der Waals surface area contributed by atoms with E-state index in [1.807, 2.05) is 13.8 Å². The van der Waals surface area contributed by atoms with Crippen LogP contribution >= 0.6 is 0 Å². The first-order valence-electron chi connectivity index (χ1n) is 10.6. The van der Waals surface area contributed by atoms with Gasteiger partial charge in [0.1, 0.15) is 5.75 Å². The molecular weight excluding hydrogens is 430 g/mol. The van der Waals surface area contributed by atoms with Crippen molar-refractivity contribution in [2.45, 2.75) is 44.0 Å². The van der Waals surface area contributed by atoms with Gasteiger partial charge in [0, 0.05) is 19.1 Å². The molecule has 2 aromatic rings. The van der Waals surface area contributed by atoms with Crippen LogP contribution < -0.4 is 14.8 Å². The number of nitrogens with zero attached hydrogens (tertiary/aromatic N) is 1. The number of amides is 2. The van der Waals surface area contributed by atoms with E-state index in [0.717, 1.165) is 19.3 Å². The molecule has 2 aromatic carbocycles. The molecule has 32 heavy (non-hydrogen) atoms. The average Bonchev–Trinajstić information content (AvgIpc) is 2.78. The van der Waals surface area contributed by atoms with Gasteiger partial charge in [-0.15, -0.1) is 0 Å². The molecule has 0 aromatic heterocycles. The molecule has 8 nitrogen and oxygen atoms in total. The molecule has 2 N–H and O–H groups in total. The highest BCUT2D eigenvalue weighted by molar-refractivity contribution is 7.92. The summed E-state index contributed by atoms with van der Waals surface area (Å²) in [5.41, 5.74) is 0.566. The van der Waals surface area contributed by atoms with Gasteiger partial charge in [0.25, 0.3) is 21.8 Å². The Bertz CT molecular complexity index is 1090. The van der Waals surface area contributed by atoms with E-state index < -0.39 is 10.0 Å². The summed E-state index contributed by atoms with van der Waals surface area (Å²) < 4.78 is 34.1. The van der Waals surface area contributed by atoms with Crippen molar-refractivity contribution in [1.82, 2.24) is 10.2 Å². The molecule has 0 radical (unpaired) electrons. The lowest BCUT2D eigenvalue weighted by molar-refractivity contribution is 0.0720. The summed E-state index contributed by atoms with van der Waals surface area (Å²) in [6.45, 7) is 4.91. The predicted molar refractivity (Wildman–Crippen MR) is 123 cm³/mol. The Morgan fingerprint density at radius 1 is 1.00 bits per heavy atom. The third kappa shape index (κ3) is 5.40. The van der Waals surface area contributed by atoms with Gasteiger partial charge in [-0.3, -0.25) is 14.3 Å². The van der Waals surface area contributed by atoms with Crippen LogP contribution in [0.1, 0.15) is 53.8 Å². The van der Waals surface area contributed by atoms with Crippen molar-refractivity contribution in [3.63, 3.8) is 0 Å². The first-order chi connectivity index (χ1) is 15.2. The van der Waals surface area contributed by atoms with Crippen LogP contribution in [0.5, 0.6) is 5.75 Å². The van der Waals surface area contributed by atoms with Crippen LogP contribution in [0.15, 0.2) is 47.4 Å². The van der Waals surface area contributed by atoms with Crippen molar-refractivity contribution in [2.75, 3.05) is 24.9 Å². The molecule has 1 saturated heterocycles. The molecule has 0 saturated carbocycles. The number of carbonyl (C=O) groups excluding carboxylic acids is 2. The Balaban J connectivity index is 1.93. The molecule has 1 aliphatic rings. The summed E-state index contributed by atoms with van der Waals surface area (Å²) in [6.07, 6.45) is 2.91. The highest BCUT2D eigenvalue weighted by Crippen LogP contribution is 2.27. The molecule has 1 fully saturated rings. The molecule has 172 valence electrons. The largest absolute Gasteiger partial charge is 0.496 e. The minimum atomic E-state index is -4.07. The minimum absolute atomic E-state index is 0.0854. The second-order valence-corrected chi connectivity index (χ2v) is 9.68. The Morgan fingerprint density at radius 3 is 2.34 bits per heavy atom. The molecule has 1 aliphatic heterocycles. The quantitative estimate of drug-likeness (QED) is 0.661. The zero-order valence-corrected chi connectivity index (χ0v) is 19.4. The number of hydrogen-bond acceptors (Lipinski definition) is 5. The van der Waals surface area contributed by atoms with E-state index in [1.165, 1.54) is 31.4 Å². The molecule has 0 bridgehead atoms. The number of likely N-dealkylation sites (tertiary alicyclic amines) is 1. The van der Waals surface area contributed by atoms with E-state index in [-0.39, 0.29) is 39.6 Å². The standard InChI is InChI=1S/C23H29N3O5S/c1-16(2)24-22(27)18-9-5-6-10-20(18)25-32(29,30)17-11-12-21(31-3)19(15-17)23(28)26-13-7-4-8-14-26/h5-6,9-12,15-16,25H,4,7-8,13-14H2,1-3H3,(H,24,27). The minimum Gasteiger partial charge on any atom is -0.496 e. The maximum atomic E-state index is 13.1. The number of anilines is 1. The van der Waals surface area contributed by atoms with Crippen molar-refractivity contribution >= 4 is 27.5 Å². The Kier molecular flexibility index (Phi) is 7.40. The molecular formula is C23H29N3O5S. The molecule has 0 spiro atoms. The smallest absolute Gasteiger partial charge is 0.261 e. The van der Waals surface area contributed by atoms with Crippen LogP contribution in [0.3, 0.4) is 0 Å². The van der Waals surface area contributed by atoms with Gasteiger partial charge in [0.05, 0.1) is 28.8 Å². The third-order valence-electron chi connectivity index (χ3n) is 5.19. The van der Waals surface area contributed by atoms with Crippen molar-refractivity contribution in [3.05, 3.63) is 53.6 Å². The first kappa shape index (κ1) is 23.6. The lowest BCUT2D eigenvalue weighted by atomic mass is 10.1. The zero-order valence-electron chi connectivity index (χ0n) is 18.6. The van der Waals surface area contributed by atoms with Crippen LogP contribution in [-0.4, -0.2) is 51.4 Å². The van der Waals surface area contributed by atoms with Crippen molar-refractivity contribution in [1.29, 1.82) is 0 Å². The maximum Gasteiger partial charge on any atom is 0.261 e. The first-order valence-corrected chi connectivity index (χ1v) is 12.1. The molecule has 0 unspecified atom stereocenters. The SMILES string of the molecule is COc1ccc(S(=O)(=O)Nc2ccccc2C(=O)NC(C)C)cc1C(=O)N1CCCCC1. The monoisotopic (exact) mass is 459 g/mol. The number of hydrogen-bond donors (Lipinski definition) is 2. The summed E-state index contributed by atoms with van der Waals surface area (Å²) in [7, 11) is -2.62. The number of sulfonamides is 1. The van der Waals surface area contributed by atoms with E-state index in [0.29, 0.717) is 18.8 Å². The summed E-state index contributed by atoms with van der Waals surface area (Å²) in [5, 5.41) is 2.76. The van der Waals surface area contributed by atoms with Gasteiger partial charge in [-0.25, -0.2) is 8.42 Å².